The molecule has 1 atom stereocenters. The van der Waals surface area contributed by atoms with E-state index in [1.807, 2.05) is 11.8 Å². The van der Waals surface area contributed by atoms with Gasteiger partial charge >= 0.3 is 6.18 Å². The van der Waals surface area contributed by atoms with Crippen LogP contribution in [0.4, 0.5) is 13.2 Å². The van der Waals surface area contributed by atoms with Crippen molar-refractivity contribution in [3.05, 3.63) is 23.9 Å². The Morgan fingerprint density at radius 1 is 1.29 bits per heavy atom. The zero-order chi connectivity index (χ0) is 22.3. The molecule has 2 fully saturated rings. The van der Waals surface area contributed by atoms with E-state index in [4.69, 9.17) is 4.74 Å². The topological polar surface area (TPSA) is 79.3 Å². The van der Waals surface area contributed by atoms with Crippen molar-refractivity contribution in [3.63, 3.8) is 0 Å². The first kappa shape index (κ1) is 23.1. The van der Waals surface area contributed by atoms with Gasteiger partial charge in [0.05, 0.1) is 6.54 Å². The van der Waals surface area contributed by atoms with Gasteiger partial charge in [-0.1, -0.05) is 6.07 Å². The van der Waals surface area contributed by atoms with Crippen molar-refractivity contribution in [3.8, 4) is 5.88 Å². The lowest BCUT2D eigenvalue weighted by molar-refractivity contribution is -0.154. The molecule has 31 heavy (non-hydrogen) atoms. The highest BCUT2D eigenvalue weighted by Gasteiger charge is 2.31. The Bertz CT molecular complexity index is 743. The Kier molecular flexibility index (Phi) is 7.94. The maximum Gasteiger partial charge on any atom is 0.422 e. The predicted octanol–water partition coefficient (Wildman–Crippen LogP) is 1.81. The number of amides is 1. The maximum atomic E-state index is 12.5. The molecule has 1 aromatic rings. The second-order valence-corrected chi connectivity index (χ2v) is 7.39. The highest BCUT2D eigenvalue weighted by Crippen LogP contribution is 2.18. The molecule has 11 heteroatoms. The summed E-state index contributed by atoms with van der Waals surface area (Å²) in [6, 6.07) is 3.04. The van der Waals surface area contributed by atoms with Gasteiger partial charge in [-0.3, -0.25) is 4.79 Å². The van der Waals surface area contributed by atoms with E-state index in [1.165, 1.54) is 12.3 Å². The van der Waals surface area contributed by atoms with E-state index in [-0.39, 0.29) is 17.9 Å². The van der Waals surface area contributed by atoms with Crippen molar-refractivity contribution in [2.24, 2.45) is 4.99 Å². The number of ether oxygens (including phenoxy) is 2. The number of rotatable bonds is 6. The number of pyridine rings is 1. The van der Waals surface area contributed by atoms with E-state index < -0.39 is 12.8 Å². The molecule has 3 rings (SSSR count). The van der Waals surface area contributed by atoms with E-state index in [0.717, 1.165) is 24.4 Å². The number of piperazine rings is 1. The molecule has 0 spiro atoms. The van der Waals surface area contributed by atoms with Gasteiger partial charge in [0.15, 0.2) is 12.6 Å². The molecule has 0 saturated carbocycles. The molecule has 2 aliphatic heterocycles. The molecule has 0 aliphatic carbocycles. The SMILES string of the molecule is CCNC(=NCc1ccc(OCC(F)(F)F)nc1)N1CCN(C(=O)C2CCCO2)CC1. The van der Waals surface area contributed by atoms with Crippen LogP contribution in [0.25, 0.3) is 0 Å². The summed E-state index contributed by atoms with van der Waals surface area (Å²) in [5.74, 6) is 0.714. The van der Waals surface area contributed by atoms with Crippen LogP contribution in [0, 0.1) is 0 Å². The number of aromatic nitrogens is 1. The van der Waals surface area contributed by atoms with Crippen LogP contribution in [0.3, 0.4) is 0 Å². The third-order valence-electron chi connectivity index (χ3n) is 5.02. The van der Waals surface area contributed by atoms with E-state index >= 15 is 0 Å². The monoisotopic (exact) mass is 443 g/mol. The van der Waals surface area contributed by atoms with Crippen molar-refractivity contribution < 1.29 is 27.4 Å². The van der Waals surface area contributed by atoms with Crippen LogP contribution in [0.5, 0.6) is 5.88 Å². The minimum Gasteiger partial charge on any atom is -0.468 e. The van der Waals surface area contributed by atoms with Crippen LogP contribution >= 0.6 is 0 Å². The van der Waals surface area contributed by atoms with Gasteiger partial charge in [0, 0.05) is 51.6 Å². The zero-order valence-electron chi connectivity index (χ0n) is 17.5. The Morgan fingerprint density at radius 3 is 2.61 bits per heavy atom. The Morgan fingerprint density at radius 2 is 2.03 bits per heavy atom. The van der Waals surface area contributed by atoms with Crippen LogP contribution in [0.2, 0.25) is 0 Å². The summed E-state index contributed by atoms with van der Waals surface area (Å²) in [5, 5.41) is 3.25. The van der Waals surface area contributed by atoms with Crippen molar-refractivity contribution in [2.75, 3.05) is 45.9 Å². The molecular formula is C20H28F3N5O3. The van der Waals surface area contributed by atoms with Gasteiger partial charge in [-0.25, -0.2) is 9.98 Å². The van der Waals surface area contributed by atoms with Crippen molar-refractivity contribution in [1.29, 1.82) is 0 Å². The van der Waals surface area contributed by atoms with Crippen molar-refractivity contribution >= 4 is 11.9 Å². The smallest absolute Gasteiger partial charge is 0.422 e. The van der Waals surface area contributed by atoms with E-state index in [1.54, 1.807) is 6.07 Å². The largest absolute Gasteiger partial charge is 0.468 e. The van der Waals surface area contributed by atoms with E-state index in [9.17, 15) is 18.0 Å². The highest BCUT2D eigenvalue weighted by molar-refractivity contribution is 5.82. The molecule has 1 aromatic heterocycles. The standard InChI is InChI=1S/C20H28F3N5O3/c1-2-24-19(26-13-15-5-6-17(25-12-15)31-14-20(21,22)23)28-9-7-27(8-10-28)18(29)16-4-3-11-30-16/h5-6,12,16H,2-4,7-11,13-14H2,1H3,(H,24,26). The number of guanidine groups is 1. The van der Waals surface area contributed by atoms with Crippen molar-refractivity contribution in [1.82, 2.24) is 20.1 Å². The second kappa shape index (κ2) is 10.7. The number of halogens is 3. The van der Waals surface area contributed by atoms with Crippen LogP contribution in [0.15, 0.2) is 23.3 Å². The number of carbonyl (C=O) groups excluding carboxylic acids is 1. The molecule has 172 valence electrons. The van der Waals surface area contributed by atoms with Gasteiger partial charge in [-0.2, -0.15) is 13.2 Å². The third kappa shape index (κ3) is 6.98. The summed E-state index contributed by atoms with van der Waals surface area (Å²) >= 11 is 0. The van der Waals surface area contributed by atoms with Gasteiger partial charge < -0.3 is 24.6 Å². The van der Waals surface area contributed by atoms with Gasteiger partial charge in [0.25, 0.3) is 5.91 Å². The number of nitrogens with one attached hydrogen (secondary N) is 1. The summed E-state index contributed by atoms with van der Waals surface area (Å²) in [5.41, 5.74) is 0.752. The van der Waals surface area contributed by atoms with Gasteiger partial charge in [0.1, 0.15) is 6.10 Å². The molecule has 0 radical (unpaired) electrons. The normalized spacial score (nSPS) is 20.1. The van der Waals surface area contributed by atoms with Gasteiger partial charge in [-0.15, -0.1) is 0 Å². The number of hydrogen-bond donors (Lipinski definition) is 1. The van der Waals surface area contributed by atoms with Crippen LogP contribution < -0.4 is 10.1 Å². The lowest BCUT2D eigenvalue weighted by atomic mass is 10.2. The Balaban J connectivity index is 1.52. The predicted molar refractivity (Wildman–Crippen MR) is 108 cm³/mol. The summed E-state index contributed by atoms with van der Waals surface area (Å²) in [6.07, 6.45) is -1.53. The first-order valence-corrected chi connectivity index (χ1v) is 10.4. The fraction of sp³-hybridized carbons (Fsp3) is 0.650. The molecular weight excluding hydrogens is 415 g/mol. The molecule has 3 heterocycles. The van der Waals surface area contributed by atoms with Crippen LogP contribution in [-0.2, 0) is 16.1 Å². The van der Waals surface area contributed by atoms with Gasteiger partial charge in [0.2, 0.25) is 5.88 Å². The third-order valence-corrected chi connectivity index (χ3v) is 5.02. The van der Waals surface area contributed by atoms with Crippen LogP contribution in [0.1, 0.15) is 25.3 Å². The minimum atomic E-state index is -4.40. The first-order chi connectivity index (χ1) is 14.9. The fourth-order valence-electron chi connectivity index (χ4n) is 3.45. The van der Waals surface area contributed by atoms with Gasteiger partial charge in [-0.05, 0) is 25.3 Å². The lowest BCUT2D eigenvalue weighted by Gasteiger charge is -2.37. The van der Waals surface area contributed by atoms with E-state index in [2.05, 4.69) is 24.9 Å². The highest BCUT2D eigenvalue weighted by atomic mass is 19.4. The molecule has 8 nitrogen and oxygen atoms in total. The fourth-order valence-corrected chi connectivity index (χ4v) is 3.45. The summed E-state index contributed by atoms with van der Waals surface area (Å²) in [4.78, 5) is 25.0. The number of alkyl halides is 3. The molecule has 2 saturated heterocycles. The van der Waals surface area contributed by atoms with E-state index in [0.29, 0.717) is 45.9 Å². The molecule has 1 N–H and O–H groups in total. The number of carbonyl (C=O) groups is 1. The Hall–Kier alpha value is -2.56. The molecule has 0 bridgehead atoms. The number of hydrogen-bond acceptors (Lipinski definition) is 5. The summed E-state index contributed by atoms with van der Waals surface area (Å²) in [6.45, 7) is 4.80. The quantitative estimate of drug-likeness (QED) is 0.534. The average molecular weight is 443 g/mol. The average Bonchev–Trinajstić information content (AvgIpc) is 3.30. The summed E-state index contributed by atoms with van der Waals surface area (Å²) in [7, 11) is 0. The minimum absolute atomic E-state index is 0.0676. The Labute approximate surface area is 179 Å². The summed E-state index contributed by atoms with van der Waals surface area (Å²) < 4.78 is 46.8. The number of aliphatic imine (C=N–C) groups is 1. The molecule has 1 unspecified atom stereocenters. The number of nitrogens with zero attached hydrogens (tertiary/aromatic N) is 4. The molecule has 2 aliphatic rings. The van der Waals surface area contributed by atoms with Crippen molar-refractivity contribution in [2.45, 2.75) is 38.6 Å². The lowest BCUT2D eigenvalue weighted by Crippen LogP contribution is -2.55. The molecule has 1 amide bonds. The maximum absolute atomic E-state index is 12.5. The van der Waals surface area contributed by atoms with Crippen LogP contribution in [-0.4, -0.2) is 84.9 Å². The first-order valence-electron chi connectivity index (χ1n) is 10.4. The zero-order valence-corrected chi connectivity index (χ0v) is 17.5. The molecule has 0 aromatic carbocycles. The second-order valence-electron chi connectivity index (χ2n) is 7.39.